The van der Waals surface area contributed by atoms with Crippen LogP contribution in [0.1, 0.15) is 0 Å². The molecule has 0 bridgehead atoms. The van der Waals surface area contributed by atoms with Gasteiger partial charge in [-0.05, 0) is 12.1 Å². The van der Waals surface area contributed by atoms with Crippen LogP contribution in [0.15, 0.2) is 24.3 Å². The van der Waals surface area contributed by atoms with Crippen molar-refractivity contribution in [2.24, 2.45) is 0 Å². The van der Waals surface area contributed by atoms with E-state index in [0.29, 0.717) is 5.69 Å². The van der Waals surface area contributed by atoms with E-state index in [1.165, 1.54) is 19.2 Å². The molecule has 0 radical (unpaired) electrons. The monoisotopic (exact) mass is 262 g/mol. The summed E-state index contributed by atoms with van der Waals surface area (Å²) in [5.74, 6) is 0.202. The van der Waals surface area contributed by atoms with Crippen molar-refractivity contribution < 1.29 is 15.1 Å². The standard InChI is InChI=1S/C11H13N5O3/c1-19-10-8(16-18)9(14-11(12)15-10)13-6-2-4-7(17)5-3-6/h2-5,16-18H,1H3,(H3,12,13,14,15)/p-1. The van der Waals surface area contributed by atoms with Crippen molar-refractivity contribution in [2.45, 2.75) is 0 Å². The third kappa shape index (κ3) is 2.75. The molecule has 8 heteroatoms. The van der Waals surface area contributed by atoms with E-state index in [1.807, 2.05) is 5.48 Å². The van der Waals surface area contributed by atoms with E-state index >= 15 is 0 Å². The van der Waals surface area contributed by atoms with Gasteiger partial charge in [0, 0.05) is 5.69 Å². The van der Waals surface area contributed by atoms with Gasteiger partial charge in [0.05, 0.1) is 7.11 Å². The molecule has 0 amide bonds. The maximum atomic E-state index is 11.0. The van der Waals surface area contributed by atoms with E-state index in [2.05, 4.69) is 15.3 Å². The van der Waals surface area contributed by atoms with Crippen LogP contribution in [0.25, 0.3) is 0 Å². The summed E-state index contributed by atoms with van der Waals surface area (Å²) in [7, 11) is 1.39. The summed E-state index contributed by atoms with van der Waals surface area (Å²) in [6, 6.07) is 5.95. The highest BCUT2D eigenvalue weighted by Gasteiger charge is 2.13. The van der Waals surface area contributed by atoms with Gasteiger partial charge in [0.15, 0.2) is 11.5 Å². The van der Waals surface area contributed by atoms with Crippen LogP contribution in [0.3, 0.4) is 0 Å². The average Bonchev–Trinajstić information content (AvgIpc) is 2.40. The van der Waals surface area contributed by atoms with Crippen LogP contribution in [0, 0.1) is 0 Å². The molecule has 0 saturated heterocycles. The number of nitrogens with zero attached hydrogens (tertiary/aromatic N) is 2. The van der Waals surface area contributed by atoms with Crippen molar-refractivity contribution in [1.82, 2.24) is 9.97 Å². The van der Waals surface area contributed by atoms with Gasteiger partial charge in [0.1, 0.15) is 0 Å². The number of aromatic nitrogens is 2. The fraction of sp³-hybridized carbons (Fsp3) is 0.0909. The molecule has 0 saturated carbocycles. The van der Waals surface area contributed by atoms with Crippen LogP contribution >= 0.6 is 0 Å². The van der Waals surface area contributed by atoms with E-state index in [-0.39, 0.29) is 29.1 Å². The zero-order valence-electron chi connectivity index (χ0n) is 10.0. The Kier molecular flexibility index (Phi) is 3.53. The number of ether oxygens (including phenoxy) is 1. The summed E-state index contributed by atoms with van der Waals surface area (Å²) in [6.07, 6.45) is 0. The molecule has 100 valence electrons. The first kappa shape index (κ1) is 12.7. The number of benzene rings is 1. The minimum atomic E-state index is -0.106. The highest BCUT2D eigenvalue weighted by molar-refractivity contribution is 5.75. The summed E-state index contributed by atoms with van der Waals surface area (Å²) in [5.41, 5.74) is 8.23. The fourth-order valence-electron chi connectivity index (χ4n) is 1.47. The van der Waals surface area contributed by atoms with Gasteiger partial charge in [-0.1, -0.05) is 12.1 Å². The van der Waals surface area contributed by atoms with Crippen LogP contribution < -0.4 is 26.4 Å². The van der Waals surface area contributed by atoms with Gasteiger partial charge in [-0.2, -0.15) is 9.97 Å². The molecule has 2 aromatic rings. The Hall–Kier alpha value is -2.74. The van der Waals surface area contributed by atoms with Crippen LogP contribution in [0.2, 0.25) is 0 Å². The maximum Gasteiger partial charge on any atom is 0.246 e. The minimum Gasteiger partial charge on any atom is -0.872 e. The van der Waals surface area contributed by atoms with E-state index in [9.17, 15) is 5.11 Å². The Balaban J connectivity index is 2.38. The highest BCUT2D eigenvalue weighted by Crippen LogP contribution is 2.31. The maximum absolute atomic E-state index is 11.0. The van der Waals surface area contributed by atoms with Gasteiger partial charge in [0.2, 0.25) is 11.8 Å². The number of nitrogens with two attached hydrogens (primary N) is 1. The number of hydrogen-bond donors (Lipinski definition) is 4. The Labute approximate surface area is 108 Å². The molecule has 1 aromatic carbocycles. The van der Waals surface area contributed by atoms with E-state index in [0.717, 1.165) is 0 Å². The summed E-state index contributed by atoms with van der Waals surface area (Å²) in [6.45, 7) is 0. The lowest BCUT2D eigenvalue weighted by Crippen LogP contribution is -2.07. The number of methoxy groups -OCH3 is 1. The second-order valence-electron chi connectivity index (χ2n) is 3.58. The quantitative estimate of drug-likeness (QED) is 0.592. The van der Waals surface area contributed by atoms with Crippen molar-refractivity contribution in [3.05, 3.63) is 24.3 Å². The Morgan fingerprint density at radius 1 is 1.26 bits per heavy atom. The molecular formula is C11H12N5O3-. The number of rotatable bonds is 4. The first-order valence-electron chi connectivity index (χ1n) is 5.29. The molecule has 5 N–H and O–H groups in total. The second-order valence-corrected chi connectivity index (χ2v) is 3.58. The zero-order chi connectivity index (χ0) is 13.8. The molecule has 0 unspecified atom stereocenters. The molecular weight excluding hydrogens is 250 g/mol. The molecule has 8 nitrogen and oxygen atoms in total. The van der Waals surface area contributed by atoms with Gasteiger partial charge >= 0.3 is 0 Å². The van der Waals surface area contributed by atoms with Gasteiger partial charge < -0.3 is 20.9 Å². The van der Waals surface area contributed by atoms with Crippen molar-refractivity contribution in [1.29, 1.82) is 0 Å². The summed E-state index contributed by atoms with van der Waals surface area (Å²) in [4.78, 5) is 7.76. The predicted molar refractivity (Wildman–Crippen MR) is 67.6 cm³/mol. The highest BCUT2D eigenvalue weighted by atomic mass is 16.5. The lowest BCUT2D eigenvalue weighted by molar-refractivity contribution is -0.268. The van der Waals surface area contributed by atoms with E-state index in [4.69, 9.17) is 15.7 Å². The van der Waals surface area contributed by atoms with Crippen molar-refractivity contribution >= 4 is 23.1 Å². The fourth-order valence-corrected chi connectivity index (χ4v) is 1.47. The van der Waals surface area contributed by atoms with Crippen LogP contribution in [-0.2, 0) is 0 Å². The Morgan fingerprint density at radius 2 is 1.95 bits per heavy atom. The van der Waals surface area contributed by atoms with Crippen molar-refractivity contribution in [2.75, 3.05) is 23.6 Å². The molecule has 0 aliphatic heterocycles. The lowest BCUT2D eigenvalue weighted by atomic mass is 10.3. The number of nitrogen functional groups attached to an aromatic ring is 1. The average molecular weight is 262 g/mol. The topological polar surface area (TPSA) is 128 Å². The minimum absolute atomic E-state index is 0.0150. The molecule has 0 aliphatic carbocycles. The van der Waals surface area contributed by atoms with E-state index < -0.39 is 0 Å². The van der Waals surface area contributed by atoms with Gasteiger partial charge in [-0.15, -0.1) is 5.75 Å². The largest absolute Gasteiger partial charge is 0.872 e. The molecule has 1 aromatic heterocycles. The van der Waals surface area contributed by atoms with E-state index in [1.54, 1.807) is 12.1 Å². The van der Waals surface area contributed by atoms with Crippen molar-refractivity contribution in [3.63, 3.8) is 0 Å². The third-order valence-corrected chi connectivity index (χ3v) is 2.32. The molecule has 0 aliphatic rings. The van der Waals surface area contributed by atoms with Crippen LogP contribution in [-0.4, -0.2) is 22.3 Å². The number of hydrogen-bond acceptors (Lipinski definition) is 8. The van der Waals surface area contributed by atoms with Gasteiger partial charge in [-0.3, -0.25) is 10.7 Å². The molecule has 19 heavy (non-hydrogen) atoms. The zero-order valence-corrected chi connectivity index (χ0v) is 10.0. The SMILES string of the molecule is COc1nc(N)nc(Nc2ccc([O-])cc2)c1NO. The first-order valence-corrected chi connectivity index (χ1v) is 5.29. The molecule has 1 heterocycles. The lowest BCUT2D eigenvalue weighted by Gasteiger charge is -2.14. The first-order chi connectivity index (χ1) is 9.13. The molecule has 0 fully saturated rings. The van der Waals surface area contributed by atoms with Gasteiger partial charge in [-0.25, -0.2) is 0 Å². The van der Waals surface area contributed by atoms with Crippen LogP contribution in [0.4, 0.5) is 23.1 Å². The summed E-state index contributed by atoms with van der Waals surface area (Å²) in [5, 5.41) is 23.0. The van der Waals surface area contributed by atoms with Crippen LogP contribution in [0.5, 0.6) is 11.6 Å². The number of anilines is 4. The Morgan fingerprint density at radius 3 is 2.53 bits per heavy atom. The molecule has 2 rings (SSSR count). The summed E-state index contributed by atoms with van der Waals surface area (Å²) >= 11 is 0. The predicted octanol–water partition coefficient (Wildman–Crippen LogP) is 0.686. The second kappa shape index (κ2) is 5.27. The van der Waals surface area contributed by atoms with Gasteiger partial charge in [0.25, 0.3) is 0 Å². The Bertz CT molecular complexity index is 573. The third-order valence-electron chi connectivity index (χ3n) is 2.32. The van der Waals surface area contributed by atoms with Crippen molar-refractivity contribution in [3.8, 4) is 11.6 Å². The molecule has 0 spiro atoms. The molecule has 0 atom stereocenters. The number of nitrogens with one attached hydrogen (secondary N) is 2. The summed E-state index contributed by atoms with van der Waals surface area (Å²) < 4.78 is 4.97. The smallest absolute Gasteiger partial charge is 0.246 e. The normalized spacial score (nSPS) is 10.0.